The van der Waals surface area contributed by atoms with Gasteiger partial charge in [-0.1, -0.05) is 6.58 Å². The molecule has 2 fully saturated rings. The molecule has 0 saturated carbocycles. The predicted molar refractivity (Wildman–Crippen MR) is 93.4 cm³/mol. The SMILES string of the molecule is C=C1c2c(OC)cc(C(=O)OC)cc2N2C[C@H]3[C@H](N3C(=O)OC)[C@]1(OC)O2. The highest BCUT2D eigenvalue weighted by molar-refractivity contribution is 5.96. The number of rotatable bonds is 3. The smallest absolute Gasteiger partial charge is 0.410 e. The fourth-order valence-electron chi connectivity index (χ4n) is 4.02. The molecular formula is C18H20N2O7. The van der Waals surface area contributed by atoms with Gasteiger partial charge in [0.2, 0.25) is 5.79 Å². The third-order valence-corrected chi connectivity index (χ3v) is 5.32. The molecule has 0 aliphatic carbocycles. The summed E-state index contributed by atoms with van der Waals surface area (Å²) in [5, 5.41) is 1.60. The van der Waals surface area contributed by atoms with Crippen LogP contribution < -0.4 is 9.80 Å². The number of hydrogen-bond acceptors (Lipinski definition) is 8. The lowest BCUT2D eigenvalue weighted by Gasteiger charge is -2.46. The molecule has 1 aromatic rings. The Bertz CT molecular complexity index is 854. The fraction of sp³-hybridized carbons (Fsp3) is 0.444. The predicted octanol–water partition coefficient (Wildman–Crippen LogP) is 1.42. The quantitative estimate of drug-likeness (QED) is 0.578. The molecule has 27 heavy (non-hydrogen) atoms. The number of amides is 1. The zero-order chi connectivity index (χ0) is 19.5. The lowest BCUT2D eigenvalue weighted by molar-refractivity contribution is -0.203. The first-order valence-corrected chi connectivity index (χ1v) is 8.31. The third kappa shape index (κ3) is 2.18. The number of nitrogens with zero attached hydrogens (tertiary/aromatic N) is 2. The van der Waals surface area contributed by atoms with Gasteiger partial charge in [0.1, 0.15) is 11.8 Å². The summed E-state index contributed by atoms with van der Waals surface area (Å²) in [6.07, 6.45) is -0.460. The van der Waals surface area contributed by atoms with Crippen molar-refractivity contribution in [3.63, 3.8) is 0 Å². The van der Waals surface area contributed by atoms with Crippen molar-refractivity contribution in [3.05, 3.63) is 29.8 Å². The van der Waals surface area contributed by atoms with Crippen LogP contribution in [0.5, 0.6) is 5.75 Å². The van der Waals surface area contributed by atoms with Crippen LogP contribution >= 0.6 is 0 Å². The summed E-state index contributed by atoms with van der Waals surface area (Å²) in [4.78, 5) is 31.8. The van der Waals surface area contributed by atoms with E-state index in [9.17, 15) is 9.59 Å². The van der Waals surface area contributed by atoms with Gasteiger partial charge >= 0.3 is 12.1 Å². The van der Waals surface area contributed by atoms with Gasteiger partial charge in [0.05, 0.1) is 50.7 Å². The van der Waals surface area contributed by atoms with Crippen LogP contribution in [0.4, 0.5) is 10.5 Å². The molecular weight excluding hydrogens is 356 g/mol. The zero-order valence-electron chi connectivity index (χ0n) is 15.5. The van der Waals surface area contributed by atoms with E-state index in [1.54, 1.807) is 22.1 Å². The molecule has 2 bridgehead atoms. The second kappa shape index (κ2) is 5.86. The lowest BCUT2D eigenvalue weighted by atomic mass is 9.88. The molecule has 0 spiro atoms. The van der Waals surface area contributed by atoms with Crippen LogP contribution in [0, 0.1) is 0 Å². The Labute approximate surface area is 155 Å². The number of esters is 1. The average Bonchev–Trinajstić information content (AvgIpc) is 3.44. The van der Waals surface area contributed by atoms with Gasteiger partial charge in [-0.15, -0.1) is 0 Å². The molecule has 1 aromatic carbocycles. The Balaban J connectivity index is 1.86. The number of anilines is 1. The summed E-state index contributed by atoms with van der Waals surface area (Å²) < 4.78 is 20.9. The van der Waals surface area contributed by atoms with E-state index >= 15 is 0 Å². The zero-order valence-corrected chi connectivity index (χ0v) is 15.5. The summed E-state index contributed by atoms with van der Waals surface area (Å²) in [7, 11) is 5.64. The number of hydrogen-bond donors (Lipinski definition) is 0. The number of ether oxygens (including phenoxy) is 4. The number of fused-ring (bicyclic) bond motifs is 6. The molecule has 3 atom stereocenters. The molecule has 0 N–H and O–H groups in total. The Kier molecular flexibility index (Phi) is 3.83. The van der Waals surface area contributed by atoms with Crippen molar-refractivity contribution in [1.82, 2.24) is 4.90 Å². The second-order valence-corrected chi connectivity index (χ2v) is 6.46. The summed E-state index contributed by atoms with van der Waals surface area (Å²) >= 11 is 0. The van der Waals surface area contributed by atoms with Crippen LogP contribution in [-0.4, -0.2) is 69.8 Å². The van der Waals surface area contributed by atoms with Crippen molar-refractivity contribution < 1.29 is 33.4 Å². The number of methoxy groups -OCH3 is 4. The van der Waals surface area contributed by atoms with Crippen molar-refractivity contribution in [2.75, 3.05) is 40.0 Å². The Morgan fingerprint density at radius 3 is 2.56 bits per heavy atom. The van der Waals surface area contributed by atoms with Gasteiger partial charge in [-0.2, -0.15) is 0 Å². The van der Waals surface area contributed by atoms with Crippen LogP contribution in [-0.2, 0) is 19.0 Å². The number of carbonyl (C=O) groups is 2. The van der Waals surface area contributed by atoms with Crippen molar-refractivity contribution in [2.45, 2.75) is 17.9 Å². The van der Waals surface area contributed by atoms with Crippen LogP contribution in [0.25, 0.3) is 5.57 Å². The maximum Gasteiger partial charge on any atom is 0.410 e. The van der Waals surface area contributed by atoms with Gasteiger partial charge in [-0.3, -0.25) is 4.90 Å². The van der Waals surface area contributed by atoms with Crippen molar-refractivity contribution in [3.8, 4) is 5.75 Å². The van der Waals surface area contributed by atoms with E-state index < -0.39 is 17.8 Å². The highest BCUT2D eigenvalue weighted by Crippen LogP contribution is 2.57. The first kappa shape index (κ1) is 17.6. The van der Waals surface area contributed by atoms with Gasteiger partial charge < -0.3 is 18.9 Å². The molecule has 1 amide bonds. The maximum atomic E-state index is 12.1. The molecule has 3 aliphatic rings. The summed E-state index contributed by atoms with van der Waals surface area (Å²) in [5.74, 6) is -1.32. The van der Waals surface area contributed by atoms with E-state index in [1.807, 2.05) is 0 Å². The Morgan fingerprint density at radius 2 is 1.96 bits per heavy atom. The molecule has 9 nitrogen and oxygen atoms in total. The summed E-state index contributed by atoms with van der Waals surface area (Å²) in [6.45, 7) is 4.56. The highest BCUT2D eigenvalue weighted by atomic mass is 16.8. The van der Waals surface area contributed by atoms with Gasteiger partial charge in [-0.25, -0.2) is 19.5 Å². The standard InChI is InChI=1S/C18H20N2O7/c1-9-14-11(6-10(16(21)24-3)7-13(14)23-2)19-8-12-15(18(9,26-5)27-19)20(12)17(22)25-4/h6-7,12,15H,1,8H2,2-5H3/t12-,15-,18+,20?/m0/s1. The minimum absolute atomic E-state index is 0.163. The van der Waals surface area contributed by atoms with Crippen LogP contribution in [0.15, 0.2) is 18.7 Å². The summed E-state index contributed by atoms with van der Waals surface area (Å²) in [5.41, 5.74) is 2.08. The van der Waals surface area contributed by atoms with E-state index in [1.165, 1.54) is 28.4 Å². The Morgan fingerprint density at radius 1 is 1.22 bits per heavy atom. The lowest BCUT2D eigenvalue weighted by Crippen LogP contribution is -2.56. The van der Waals surface area contributed by atoms with E-state index in [0.717, 1.165) is 0 Å². The van der Waals surface area contributed by atoms with Gasteiger partial charge in [0.15, 0.2) is 0 Å². The van der Waals surface area contributed by atoms with Gasteiger partial charge in [-0.05, 0) is 12.1 Å². The molecule has 4 rings (SSSR count). The molecule has 0 aromatic heterocycles. The van der Waals surface area contributed by atoms with Gasteiger partial charge in [0, 0.05) is 12.7 Å². The van der Waals surface area contributed by atoms with Crippen molar-refractivity contribution >= 4 is 23.3 Å². The van der Waals surface area contributed by atoms with E-state index in [0.29, 0.717) is 34.7 Å². The van der Waals surface area contributed by atoms with Crippen LogP contribution in [0.3, 0.4) is 0 Å². The Hall–Kier alpha value is -2.78. The minimum Gasteiger partial charge on any atom is -0.496 e. The first-order chi connectivity index (χ1) is 12.9. The maximum absolute atomic E-state index is 12.1. The van der Waals surface area contributed by atoms with Gasteiger partial charge in [0.25, 0.3) is 0 Å². The van der Waals surface area contributed by atoms with E-state index in [-0.39, 0.29) is 12.1 Å². The molecule has 3 aliphatic heterocycles. The number of benzene rings is 1. The van der Waals surface area contributed by atoms with Crippen molar-refractivity contribution in [2.24, 2.45) is 0 Å². The van der Waals surface area contributed by atoms with E-state index in [4.69, 9.17) is 23.8 Å². The highest BCUT2D eigenvalue weighted by Gasteiger charge is 2.71. The van der Waals surface area contributed by atoms with E-state index in [2.05, 4.69) is 6.58 Å². The monoisotopic (exact) mass is 376 g/mol. The minimum atomic E-state index is -1.26. The largest absolute Gasteiger partial charge is 0.496 e. The van der Waals surface area contributed by atoms with Crippen LogP contribution in [0.1, 0.15) is 15.9 Å². The molecule has 9 heteroatoms. The molecule has 0 radical (unpaired) electrons. The fourth-order valence-corrected chi connectivity index (χ4v) is 4.02. The third-order valence-electron chi connectivity index (χ3n) is 5.32. The average molecular weight is 376 g/mol. The second-order valence-electron chi connectivity index (χ2n) is 6.46. The molecule has 3 heterocycles. The molecule has 0 unspecified atom stereocenters. The number of hydroxylamine groups is 1. The normalized spacial score (nSPS) is 27.5. The summed E-state index contributed by atoms with van der Waals surface area (Å²) in [6, 6.07) is 2.71. The van der Waals surface area contributed by atoms with Crippen molar-refractivity contribution in [1.29, 1.82) is 0 Å². The number of carbonyl (C=O) groups excluding carboxylic acids is 2. The topological polar surface area (TPSA) is 86.5 Å². The first-order valence-electron chi connectivity index (χ1n) is 8.31. The van der Waals surface area contributed by atoms with Crippen LogP contribution in [0.2, 0.25) is 0 Å². The molecule has 2 saturated heterocycles. The molecule has 144 valence electrons.